The second-order valence-corrected chi connectivity index (χ2v) is 11.6. The second-order valence-electron chi connectivity index (χ2n) is 9.38. The van der Waals surface area contributed by atoms with Crippen LogP contribution in [-0.4, -0.2) is 56.8 Å². The summed E-state index contributed by atoms with van der Waals surface area (Å²) in [5.74, 6) is -0.762. The van der Waals surface area contributed by atoms with E-state index in [4.69, 9.17) is 4.74 Å². The van der Waals surface area contributed by atoms with Gasteiger partial charge in [0.1, 0.15) is 5.82 Å². The molecule has 1 amide bonds. The van der Waals surface area contributed by atoms with Gasteiger partial charge in [-0.1, -0.05) is 31.0 Å². The molecule has 0 unspecified atom stereocenters. The monoisotopic (exact) mass is 488 g/mol. The smallest absolute Gasteiger partial charge is 0.241 e. The normalized spacial score (nSPS) is 19.6. The Morgan fingerprint density at radius 1 is 1.06 bits per heavy atom. The Morgan fingerprint density at radius 2 is 1.71 bits per heavy atom. The molecule has 1 saturated heterocycles. The summed E-state index contributed by atoms with van der Waals surface area (Å²) >= 11 is 0. The van der Waals surface area contributed by atoms with Gasteiger partial charge < -0.3 is 10.1 Å². The molecule has 2 aromatic carbocycles. The van der Waals surface area contributed by atoms with Crippen molar-refractivity contribution in [2.75, 3.05) is 32.8 Å². The molecule has 0 spiro atoms. The highest BCUT2D eigenvalue weighted by Crippen LogP contribution is 2.41. The second kappa shape index (κ2) is 10.1. The molecule has 1 saturated carbocycles. The van der Waals surface area contributed by atoms with Crippen LogP contribution in [0.5, 0.6) is 0 Å². The number of sulfone groups is 1. The molecule has 1 atom stereocenters. The van der Waals surface area contributed by atoms with Crippen molar-refractivity contribution >= 4 is 15.7 Å². The van der Waals surface area contributed by atoms with Crippen LogP contribution in [0.15, 0.2) is 47.4 Å². The summed E-state index contributed by atoms with van der Waals surface area (Å²) in [7, 11) is -3.88. The van der Waals surface area contributed by atoms with Gasteiger partial charge in [-0.05, 0) is 67.6 Å². The summed E-state index contributed by atoms with van der Waals surface area (Å²) in [6, 6.07) is 11.1. The lowest BCUT2D eigenvalue weighted by molar-refractivity contribution is -0.123. The fourth-order valence-corrected chi connectivity index (χ4v) is 7.23. The Labute approximate surface area is 201 Å². The molecule has 0 aromatic heterocycles. The van der Waals surface area contributed by atoms with Gasteiger partial charge in [-0.2, -0.15) is 0 Å². The third-order valence-electron chi connectivity index (χ3n) is 7.33. The average Bonchev–Trinajstić information content (AvgIpc) is 3.35. The number of carbonyl (C=O) groups is 1. The summed E-state index contributed by atoms with van der Waals surface area (Å²) in [4.78, 5) is 16.0. The number of hydrogen-bond donors (Lipinski definition) is 1. The van der Waals surface area contributed by atoms with Crippen LogP contribution in [0.3, 0.4) is 0 Å². The van der Waals surface area contributed by atoms with Gasteiger partial charge >= 0.3 is 0 Å². The van der Waals surface area contributed by atoms with Gasteiger partial charge in [0.25, 0.3) is 0 Å². The maximum Gasteiger partial charge on any atom is 0.241 e. The van der Waals surface area contributed by atoms with Gasteiger partial charge in [0.2, 0.25) is 5.91 Å². The van der Waals surface area contributed by atoms with Gasteiger partial charge in [-0.15, -0.1) is 0 Å². The van der Waals surface area contributed by atoms with E-state index < -0.39 is 20.5 Å². The van der Waals surface area contributed by atoms with Crippen LogP contribution in [0.1, 0.15) is 48.4 Å². The number of halogens is 1. The van der Waals surface area contributed by atoms with Crippen molar-refractivity contribution in [1.82, 2.24) is 10.2 Å². The van der Waals surface area contributed by atoms with E-state index in [1.165, 1.54) is 12.1 Å². The lowest BCUT2D eigenvalue weighted by Gasteiger charge is -2.36. The van der Waals surface area contributed by atoms with Crippen LogP contribution in [0, 0.1) is 19.7 Å². The Morgan fingerprint density at radius 3 is 2.32 bits per heavy atom. The number of rotatable bonds is 7. The molecule has 1 aliphatic carbocycles. The molecule has 6 nitrogen and oxygen atoms in total. The first-order valence-corrected chi connectivity index (χ1v) is 13.4. The molecule has 34 heavy (non-hydrogen) atoms. The van der Waals surface area contributed by atoms with Crippen LogP contribution in [-0.2, 0) is 19.4 Å². The first-order valence-electron chi connectivity index (χ1n) is 11.9. The summed E-state index contributed by atoms with van der Waals surface area (Å²) in [5.41, 5.74) is 2.77. The molecule has 0 bridgehead atoms. The third-order valence-corrected chi connectivity index (χ3v) is 9.82. The Balaban J connectivity index is 1.59. The number of nitrogens with zero attached hydrogens (tertiary/aromatic N) is 1. The SMILES string of the molecule is Cc1ccc(S(=O)(=O)C2(C(=O)NC[C@@H](c3ccc(F)cc3)N3CCOCC3)CCCC2)cc1C. The van der Waals surface area contributed by atoms with Gasteiger partial charge in [-0.25, -0.2) is 12.8 Å². The van der Waals surface area contributed by atoms with E-state index >= 15 is 0 Å². The highest BCUT2D eigenvalue weighted by molar-refractivity contribution is 7.93. The van der Waals surface area contributed by atoms with Crippen LogP contribution in [0.25, 0.3) is 0 Å². The number of amides is 1. The molecule has 2 aromatic rings. The maximum absolute atomic E-state index is 13.8. The number of carbonyl (C=O) groups excluding carboxylic acids is 1. The van der Waals surface area contributed by atoms with Crippen LogP contribution in [0.2, 0.25) is 0 Å². The van der Waals surface area contributed by atoms with Crippen molar-refractivity contribution in [3.63, 3.8) is 0 Å². The van der Waals surface area contributed by atoms with E-state index in [-0.39, 0.29) is 23.3 Å². The maximum atomic E-state index is 13.8. The van der Waals surface area contributed by atoms with E-state index in [0.29, 0.717) is 52.0 Å². The van der Waals surface area contributed by atoms with Crippen LogP contribution < -0.4 is 5.32 Å². The van der Waals surface area contributed by atoms with Crippen molar-refractivity contribution in [2.45, 2.75) is 55.2 Å². The van der Waals surface area contributed by atoms with Gasteiger partial charge in [0, 0.05) is 19.6 Å². The number of benzene rings is 2. The van der Waals surface area contributed by atoms with E-state index in [2.05, 4.69) is 10.2 Å². The first kappa shape index (κ1) is 24.8. The molecule has 184 valence electrons. The number of nitrogens with one attached hydrogen (secondary N) is 1. The fraction of sp³-hybridized carbons (Fsp3) is 0.500. The lowest BCUT2D eigenvalue weighted by Crippen LogP contribution is -2.53. The molecule has 8 heteroatoms. The minimum Gasteiger partial charge on any atom is -0.379 e. The minimum atomic E-state index is -3.88. The topological polar surface area (TPSA) is 75.7 Å². The van der Waals surface area contributed by atoms with E-state index in [1.54, 1.807) is 30.3 Å². The summed E-state index contributed by atoms with van der Waals surface area (Å²) in [6.07, 6.45) is 2.02. The van der Waals surface area contributed by atoms with E-state index in [0.717, 1.165) is 16.7 Å². The first-order chi connectivity index (χ1) is 16.2. The van der Waals surface area contributed by atoms with E-state index in [1.807, 2.05) is 13.8 Å². The summed E-state index contributed by atoms with van der Waals surface area (Å²) < 4.78 is 45.1. The molecule has 2 fully saturated rings. The van der Waals surface area contributed by atoms with E-state index in [9.17, 15) is 17.6 Å². The predicted molar refractivity (Wildman–Crippen MR) is 129 cm³/mol. The predicted octanol–water partition coefficient (Wildman–Crippen LogP) is 3.72. The standard InChI is InChI=1S/C26H33FN2O4S/c1-19-5-10-23(17-20(19)2)34(31,32)26(11-3-4-12-26)25(30)28-18-24(29-13-15-33-16-14-29)21-6-8-22(27)9-7-21/h5-10,17,24H,3-4,11-16,18H2,1-2H3,(H,28,30)/t24-/m0/s1. The quantitative estimate of drug-likeness (QED) is 0.643. The molecular formula is C26H33FN2O4S. The van der Waals surface area contributed by atoms with Crippen LogP contribution in [0.4, 0.5) is 4.39 Å². The zero-order valence-electron chi connectivity index (χ0n) is 19.8. The number of morpholine rings is 1. The molecule has 4 rings (SSSR count). The van der Waals surface area contributed by atoms with Crippen molar-refractivity contribution in [1.29, 1.82) is 0 Å². The zero-order valence-corrected chi connectivity index (χ0v) is 20.7. The molecule has 1 aliphatic heterocycles. The third kappa shape index (κ3) is 4.76. The Kier molecular flexibility index (Phi) is 7.40. The largest absolute Gasteiger partial charge is 0.379 e. The minimum absolute atomic E-state index is 0.198. The Hall–Kier alpha value is -2.29. The van der Waals surface area contributed by atoms with Crippen LogP contribution >= 0.6 is 0 Å². The van der Waals surface area contributed by atoms with Gasteiger partial charge in [0.15, 0.2) is 14.6 Å². The molecular weight excluding hydrogens is 455 g/mol. The molecule has 0 radical (unpaired) electrons. The molecule has 1 heterocycles. The lowest BCUT2D eigenvalue weighted by atomic mass is 10.0. The zero-order chi connectivity index (χ0) is 24.3. The van der Waals surface area contributed by atoms with Gasteiger partial charge in [0.05, 0.1) is 24.2 Å². The number of aryl methyl sites for hydroxylation is 2. The van der Waals surface area contributed by atoms with Crippen molar-refractivity contribution in [2.24, 2.45) is 0 Å². The summed E-state index contributed by atoms with van der Waals surface area (Å²) in [6.45, 7) is 6.59. The van der Waals surface area contributed by atoms with Crippen molar-refractivity contribution < 1.29 is 22.3 Å². The van der Waals surface area contributed by atoms with Gasteiger partial charge in [-0.3, -0.25) is 9.69 Å². The highest BCUT2D eigenvalue weighted by Gasteiger charge is 2.53. The average molecular weight is 489 g/mol. The Bertz CT molecular complexity index is 1120. The molecule has 2 aliphatic rings. The number of ether oxygens (including phenoxy) is 1. The highest BCUT2D eigenvalue weighted by atomic mass is 32.2. The number of hydrogen-bond acceptors (Lipinski definition) is 5. The van der Waals surface area contributed by atoms with Crippen molar-refractivity contribution in [3.05, 3.63) is 65.0 Å². The summed E-state index contributed by atoms with van der Waals surface area (Å²) in [5, 5.41) is 2.98. The molecule has 1 N–H and O–H groups in total. The van der Waals surface area contributed by atoms with Crippen molar-refractivity contribution in [3.8, 4) is 0 Å². The fourth-order valence-electron chi connectivity index (χ4n) is 5.05.